The number of likely N-dealkylation sites (N-methyl/N-ethyl adjacent to an activating group) is 1. The Morgan fingerprint density at radius 1 is 1.18 bits per heavy atom. The Balaban J connectivity index is 1.86. The zero-order chi connectivity index (χ0) is 20.3. The van der Waals surface area contributed by atoms with Crippen LogP contribution in [-0.2, 0) is 11.4 Å². The zero-order valence-corrected chi connectivity index (χ0v) is 18.2. The largest absolute Gasteiger partial charge is 0.490 e. The van der Waals surface area contributed by atoms with Gasteiger partial charge in [-0.15, -0.1) is 0 Å². The molecule has 146 valence electrons. The molecule has 0 unspecified atom stereocenters. The molecule has 28 heavy (non-hydrogen) atoms. The monoisotopic (exact) mass is 512 g/mol. The molecule has 0 aromatic heterocycles. The second-order valence-electron chi connectivity index (χ2n) is 6.03. The van der Waals surface area contributed by atoms with E-state index in [0.29, 0.717) is 35.3 Å². The quantitative estimate of drug-likeness (QED) is 0.353. The molecular weight excluding hydrogens is 495 g/mol. The van der Waals surface area contributed by atoms with Crippen molar-refractivity contribution in [3.05, 3.63) is 61.8 Å². The summed E-state index contributed by atoms with van der Waals surface area (Å²) in [4.78, 5) is 24.7. The third-order valence-corrected chi connectivity index (χ3v) is 5.02. The Labute approximate surface area is 181 Å². The SMILES string of the molecule is CCOc1cc(/C=C2/NC(=O)N(C)C2=O)cc(Cl)c1OCc1ccc(I)cc1. The van der Waals surface area contributed by atoms with Crippen molar-refractivity contribution in [1.29, 1.82) is 0 Å². The van der Waals surface area contributed by atoms with Crippen molar-refractivity contribution in [3.8, 4) is 11.5 Å². The van der Waals surface area contributed by atoms with Gasteiger partial charge in [-0.25, -0.2) is 4.79 Å². The number of carbonyl (C=O) groups excluding carboxylic acids is 2. The molecule has 3 rings (SSSR count). The topological polar surface area (TPSA) is 67.9 Å². The van der Waals surface area contributed by atoms with Crippen molar-refractivity contribution in [3.63, 3.8) is 0 Å². The molecule has 1 saturated heterocycles. The van der Waals surface area contributed by atoms with Crippen LogP contribution in [0.4, 0.5) is 4.79 Å². The summed E-state index contributed by atoms with van der Waals surface area (Å²) in [7, 11) is 1.42. The second kappa shape index (κ2) is 8.83. The van der Waals surface area contributed by atoms with Gasteiger partial charge in [0.2, 0.25) is 0 Å². The molecule has 3 amide bonds. The van der Waals surface area contributed by atoms with Crippen LogP contribution in [0.15, 0.2) is 42.1 Å². The van der Waals surface area contributed by atoms with E-state index in [-0.39, 0.29) is 5.70 Å². The van der Waals surface area contributed by atoms with Crippen LogP contribution in [0.1, 0.15) is 18.1 Å². The lowest BCUT2D eigenvalue weighted by Gasteiger charge is -2.15. The average Bonchev–Trinajstić information content (AvgIpc) is 2.89. The number of imide groups is 1. The van der Waals surface area contributed by atoms with Gasteiger partial charge in [0.05, 0.1) is 11.6 Å². The molecule has 0 radical (unpaired) electrons. The average molecular weight is 513 g/mol. The van der Waals surface area contributed by atoms with E-state index in [0.717, 1.165) is 14.0 Å². The van der Waals surface area contributed by atoms with Crippen LogP contribution in [0.2, 0.25) is 5.02 Å². The van der Waals surface area contributed by atoms with Gasteiger partial charge in [-0.1, -0.05) is 23.7 Å². The van der Waals surface area contributed by atoms with Gasteiger partial charge < -0.3 is 14.8 Å². The fraction of sp³-hybridized carbons (Fsp3) is 0.200. The Kier molecular flexibility index (Phi) is 6.46. The molecule has 1 fully saturated rings. The lowest BCUT2D eigenvalue weighted by Crippen LogP contribution is -2.25. The smallest absolute Gasteiger partial charge is 0.328 e. The lowest BCUT2D eigenvalue weighted by atomic mass is 10.1. The third kappa shape index (κ3) is 4.59. The summed E-state index contributed by atoms with van der Waals surface area (Å²) in [6.45, 7) is 2.63. The number of urea groups is 1. The Bertz CT molecular complexity index is 944. The Morgan fingerprint density at radius 3 is 2.50 bits per heavy atom. The number of ether oxygens (including phenoxy) is 2. The summed E-state index contributed by atoms with van der Waals surface area (Å²) < 4.78 is 12.7. The van der Waals surface area contributed by atoms with Crippen LogP contribution < -0.4 is 14.8 Å². The Morgan fingerprint density at radius 2 is 1.89 bits per heavy atom. The van der Waals surface area contributed by atoms with Crippen molar-refractivity contribution in [1.82, 2.24) is 10.2 Å². The number of benzene rings is 2. The first-order valence-electron chi connectivity index (χ1n) is 8.53. The van der Waals surface area contributed by atoms with Crippen molar-refractivity contribution >= 4 is 52.2 Å². The number of hydrogen-bond donors (Lipinski definition) is 1. The first-order chi connectivity index (χ1) is 13.4. The lowest BCUT2D eigenvalue weighted by molar-refractivity contribution is -0.121. The summed E-state index contributed by atoms with van der Waals surface area (Å²) in [5.74, 6) is 0.499. The summed E-state index contributed by atoms with van der Waals surface area (Å²) in [5, 5.41) is 2.88. The number of carbonyl (C=O) groups is 2. The minimum atomic E-state index is -0.468. The van der Waals surface area contributed by atoms with E-state index in [9.17, 15) is 9.59 Å². The van der Waals surface area contributed by atoms with Gasteiger partial charge in [-0.3, -0.25) is 9.69 Å². The summed E-state index contributed by atoms with van der Waals surface area (Å²) >= 11 is 8.67. The van der Waals surface area contributed by atoms with Gasteiger partial charge in [0.25, 0.3) is 5.91 Å². The minimum Gasteiger partial charge on any atom is -0.490 e. The molecule has 2 aromatic carbocycles. The maximum absolute atomic E-state index is 12.1. The van der Waals surface area contributed by atoms with Crippen LogP contribution in [0.25, 0.3) is 6.08 Å². The Hall–Kier alpha value is -2.26. The normalized spacial score (nSPS) is 15.1. The number of amides is 3. The van der Waals surface area contributed by atoms with Crippen molar-refractivity contribution in [2.75, 3.05) is 13.7 Å². The molecule has 1 heterocycles. The van der Waals surface area contributed by atoms with E-state index in [1.165, 1.54) is 7.05 Å². The molecule has 8 heteroatoms. The van der Waals surface area contributed by atoms with Crippen molar-refractivity contribution in [2.24, 2.45) is 0 Å². The van der Waals surface area contributed by atoms with Gasteiger partial charge in [0.1, 0.15) is 12.3 Å². The maximum atomic E-state index is 12.1. The van der Waals surface area contributed by atoms with Crippen LogP contribution in [0.3, 0.4) is 0 Å². The van der Waals surface area contributed by atoms with E-state index >= 15 is 0 Å². The van der Waals surface area contributed by atoms with Crippen molar-refractivity contribution < 1.29 is 19.1 Å². The molecule has 6 nitrogen and oxygen atoms in total. The standard InChI is InChI=1S/C20H18ClIN2O4/c1-3-27-17-10-13(9-16-19(25)24(2)20(26)23-16)8-15(21)18(17)28-11-12-4-6-14(22)7-5-12/h4-10H,3,11H2,1-2H3,(H,23,26)/b16-9+. The van der Waals surface area contributed by atoms with Gasteiger partial charge in [0.15, 0.2) is 11.5 Å². The molecule has 0 spiro atoms. The first kappa shape index (κ1) is 20.5. The minimum absolute atomic E-state index is 0.179. The van der Waals surface area contributed by atoms with Crippen LogP contribution >= 0.6 is 34.2 Å². The van der Waals surface area contributed by atoms with E-state index in [2.05, 4.69) is 27.9 Å². The van der Waals surface area contributed by atoms with Crippen LogP contribution in [-0.4, -0.2) is 30.5 Å². The fourth-order valence-electron chi connectivity index (χ4n) is 2.60. The van der Waals surface area contributed by atoms with Gasteiger partial charge in [-0.2, -0.15) is 0 Å². The number of nitrogens with one attached hydrogen (secondary N) is 1. The molecule has 2 aromatic rings. The first-order valence-corrected chi connectivity index (χ1v) is 9.99. The van der Waals surface area contributed by atoms with Gasteiger partial charge >= 0.3 is 6.03 Å². The van der Waals surface area contributed by atoms with E-state index in [1.54, 1.807) is 18.2 Å². The molecule has 0 bridgehead atoms. The van der Waals surface area contributed by atoms with Crippen LogP contribution in [0.5, 0.6) is 11.5 Å². The highest BCUT2D eigenvalue weighted by Crippen LogP contribution is 2.38. The highest BCUT2D eigenvalue weighted by atomic mass is 127. The number of halogens is 2. The number of rotatable bonds is 6. The zero-order valence-electron chi connectivity index (χ0n) is 15.3. The molecular formula is C20H18ClIN2O4. The second-order valence-corrected chi connectivity index (χ2v) is 7.68. The molecule has 1 aliphatic rings. The molecule has 1 aliphatic heterocycles. The van der Waals surface area contributed by atoms with E-state index in [1.807, 2.05) is 31.2 Å². The van der Waals surface area contributed by atoms with E-state index in [4.69, 9.17) is 21.1 Å². The fourth-order valence-corrected chi connectivity index (χ4v) is 3.23. The summed E-state index contributed by atoms with van der Waals surface area (Å²) in [6.07, 6.45) is 1.56. The van der Waals surface area contributed by atoms with Crippen LogP contribution in [0, 0.1) is 3.57 Å². The summed E-state index contributed by atoms with van der Waals surface area (Å²) in [5.41, 5.74) is 1.81. The number of nitrogens with zero attached hydrogens (tertiary/aromatic N) is 1. The highest BCUT2D eigenvalue weighted by Gasteiger charge is 2.30. The molecule has 0 atom stereocenters. The van der Waals surface area contributed by atoms with E-state index < -0.39 is 11.9 Å². The highest BCUT2D eigenvalue weighted by molar-refractivity contribution is 14.1. The predicted molar refractivity (Wildman–Crippen MR) is 115 cm³/mol. The molecule has 1 N–H and O–H groups in total. The van der Waals surface area contributed by atoms with Gasteiger partial charge in [0, 0.05) is 10.6 Å². The van der Waals surface area contributed by atoms with Gasteiger partial charge in [-0.05, 0) is 71.0 Å². The predicted octanol–water partition coefficient (Wildman–Crippen LogP) is 4.44. The maximum Gasteiger partial charge on any atom is 0.328 e. The number of hydrogen-bond acceptors (Lipinski definition) is 4. The third-order valence-electron chi connectivity index (χ3n) is 4.02. The molecule has 0 aliphatic carbocycles. The molecule has 0 saturated carbocycles. The summed E-state index contributed by atoms with van der Waals surface area (Å²) in [6, 6.07) is 10.9. The van der Waals surface area contributed by atoms with Crippen molar-refractivity contribution in [2.45, 2.75) is 13.5 Å².